The Balaban J connectivity index is 1.83. The number of aromatic nitrogens is 2. The second kappa shape index (κ2) is 8.24. The Morgan fingerprint density at radius 2 is 1.84 bits per heavy atom. The van der Waals surface area contributed by atoms with Crippen LogP contribution < -0.4 is 0 Å². The molecular weight excluding hydrogens is 379 g/mol. The van der Waals surface area contributed by atoms with Crippen molar-refractivity contribution in [2.45, 2.75) is 26.2 Å². The number of imidazole rings is 1. The Morgan fingerprint density at radius 1 is 1.08 bits per heavy atom. The van der Waals surface area contributed by atoms with Gasteiger partial charge in [-0.3, -0.25) is 0 Å². The maximum atomic E-state index is 6.26. The second-order valence-corrected chi connectivity index (χ2v) is 7.08. The third kappa shape index (κ3) is 4.77. The first-order valence-corrected chi connectivity index (χ1v) is 8.93. The van der Waals surface area contributed by atoms with E-state index >= 15 is 0 Å². The molecule has 0 fully saturated rings. The predicted molar refractivity (Wildman–Crippen MR) is 102 cm³/mol. The Morgan fingerprint density at radius 3 is 2.52 bits per heavy atom. The predicted octanol–water partition coefficient (Wildman–Crippen LogP) is 6.11. The lowest BCUT2D eigenvalue weighted by Gasteiger charge is -2.21. The van der Waals surface area contributed by atoms with E-state index < -0.39 is 0 Å². The molecule has 0 amide bonds. The van der Waals surface area contributed by atoms with Crippen LogP contribution in [0.1, 0.15) is 22.8 Å². The van der Waals surface area contributed by atoms with E-state index in [1.165, 1.54) is 0 Å². The van der Waals surface area contributed by atoms with Crippen molar-refractivity contribution >= 4 is 34.8 Å². The fourth-order valence-electron chi connectivity index (χ4n) is 2.66. The highest BCUT2D eigenvalue weighted by molar-refractivity contribution is 6.35. The molecule has 1 unspecified atom stereocenters. The first kappa shape index (κ1) is 18.3. The highest BCUT2D eigenvalue weighted by Gasteiger charge is 2.16. The molecule has 3 nitrogen and oxygen atoms in total. The van der Waals surface area contributed by atoms with Gasteiger partial charge in [0.05, 0.1) is 19.5 Å². The molecule has 6 heteroatoms. The Hall–Kier alpha value is -1.52. The first-order chi connectivity index (χ1) is 12.0. The van der Waals surface area contributed by atoms with Crippen molar-refractivity contribution in [3.05, 3.63) is 86.9 Å². The molecule has 1 heterocycles. The van der Waals surface area contributed by atoms with Crippen LogP contribution in [-0.4, -0.2) is 9.55 Å². The molecule has 25 heavy (non-hydrogen) atoms. The number of hydrogen-bond donors (Lipinski definition) is 0. The smallest absolute Gasteiger partial charge is 0.101 e. The minimum absolute atomic E-state index is 0.154. The second-order valence-electron chi connectivity index (χ2n) is 5.80. The number of halogens is 3. The number of benzene rings is 2. The quantitative estimate of drug-likeness (QED) is 0.503. The maximum Gasteiger partial charge on any atom is 0.101 e. The van der Waals surface area contributed by atoms with Gasteiger partial charge in [0, 0.05) is 27.5 Å². The Kier molecular flexibility index (Phi) is 6.02. The zero-order valence-electron chi connectivity index (χ0n) is 13.6. The van der Waals surface area contributed by atoms with Crippen molar-refractivity contribution in [2.24, 2.45) is 0 Å². The van der Waals surface area contributed by atoms with Gasteiger partial charge in [-0.15, -0.1) is 0 Å². The summed E-state index contributed by atoms with van der Waals surface area (Å²) in [4.78, 5) is 4.10. The number of hydrogen-bond acceptors (Lipinski definition) is 2. The van der Waals surface area contributed by atoms with Crippen molar-refractivity contribution in [3.63, 3.8) is 0 Å². The van der Waals surface area contributed by atoms with Gasteiger partial charge in [0.1, 0.15) is 6.10 Å². The van der Waals surface area contributed by atoms with Gasteiger partial charge in [-0.2, -0.15) is 0 Å². The van der Waals surface area contributed by atoms with Crippen LogP contribution in [-0.2, 0) is 17.9 Å². The Labute approximate surface area is 162 Å². The van der Waals surface area contributed by atoms with Gasteiger partial charge < -0.3 is 9.30 Å². The SMILES string of the molecule is Cc1cc(Cl)ccc1C(Cn1ccnc1)OCc1ccc(Cl)cc1Cl. The van der Waals surface area contributed by atoms with Crippen LogP contribution in [0, 0.1) is 6.92 Å². The Bertz CT molecular complexity index is 850. The summed E-state index contributed by atoms with van der Waals surface area (Å²) in [7, 11) is 0. The summed E-state index contributed by atoms with van der Waals surface area (Å²) < 4.78 is 8.20. The lowest BCUT2D eigenvalue weighted by molar-refractivity contribution is 0.0276. The molecule has 0 saturated carbocycles. The van der Waals surface area contributed by atoms with Crippen molar-refractivity contribution in [2.75, 3.05) is 0 Å². The number of rotatable bonds is 6. The number of ether oxygens (including phenoxy) is 1. The average molecular weight is 396 g/mol. The summed E-state index contributed by atoms with van der Waals surface area (Å²) in [5.74, 6) is 0. The summed E-state index contributed by atoms with van der Waals surface area (Å²) in [6.45, 7) is 3.06. The molecule has 2 aromatic carbocycles. The van der Waals surface area contributed by atoms with Crippen molar-refractivity contribution in [1.82, 2.24) is 9.55 Å². The monoisotopic (exact) mass is 394 g/mol. The van der Waals surface area contributed by atoms with Crippen molar-refractivity contribution in [1.29, 1.82) is 0 Å². The van der Waals surface area contributed by atoms with Crippen molar-refractivity contribution in [3.8, 4) is 0 Å². The van der Waals surface area contributed by atoms with Crippen LogP contribution >= 0.6 is 34.8 Å². The normalized spacial score (nSPS) is 12.3. The highest BCUT2D eigenvalue weighted by atomic mass is 35.5. The molecule has 0 aliphatic carbocycles. The highest BCUT2D eigenvalue weighted by Crippen LogP contribution is 2.28. The number of nitrogens with zero attached hydrogens (tertiary/aromatic N) is 2. The molecule has 0 bridgehead atoms. The van der Waals surface area contributed by atoms with Crippen LogP contribution in [0.4, 0.5) is 0 Å². The molecule has 0 N–H and O–H groups in total. The molecule has 130 valence electrons. The average Bonchev–Trinajstić information content (AvgIpc) is 3.06. The van der Waals surface area contributed by atoms with Gasteiger partial charge in [0.15, 0.2) is 0 Å². The van der Waals surface area contributed by atoms with Crippen molar-refractivity contribution < 1.29 is 4.74 Å². The standard InChI is InChI=1S/C19H17Cl3N2O/c1-13-8-15(20)4-5-17(13)19(10-24-7-6-23-12-24)25-11-14-2-3-16(21)9-18(14)22/h2-9,12,19H,10-11H2,1H3. The van der Waals surface area contributed by atoms with Gasteiger partial charge in [-0.1, -0.05) is 46.9 Å². The third-order valence-corrected chi connectivity index (χ3v) is 4.79. The van der Waals surface area contributed by atoms with E-state index in [4.69, 9.17) is 39.5 Å². The topological polar surface area (TPSA) is 27.1 Å². The van der Waals surface area contributed by atoms with Gasteiger partial charge in [0.2, 0.25) is 0 Å². The largest absolute Gasteiger partial charge is 0.367 e. The molecule has 0 saturated heterocycles. The summed E-state index contributed by atoms with van der Waals surface area (Å²) in [5, 5.41) is 1.92. The zero-order chi connectivity index (χ0) is 17.8. The summed E-state index contributed by atoms with van der Waals surface area (Å²) >= 11 is 18.3. The summed E-state index contributed by atoms with van der Waals surface area (Å²) in [5.41, 5.74) is 3.07. The molecule has 0 spiro atoms. The molecule has 0 aliphatic heterocycles. The summed E-state index contributed by atoms with van der Waals surface area (Å²) in [6.07, 6.45) is 5.29. The molecule has 0 radical (unpaired) electrons. The molecule has 0 aliphatic rings. The van der Waals surface area contributed by atoms with Gasteiger partial charge >= 0.3 is 0 Å². The van der Waals surface area contributed by atoms with E-state index in [1.54, 1.807) is 18.6 Å². The van der Waals surface area contributed by atoms with Gasteiger partial charge in [-0.05, 0) is 47.9 Å². The molecule has 1 atom stereocenters. The van der Waals surface area contributed by atoms with E-state index in [-0.39, 0.29) is 6.10 Å². The molecule has 1 aromatic heterocycles. The fourth-order valence-corrected chi connectivity index (χ4v) is 3.35. The lowest BCUT2D eigenvalue weighted by atomic mass is 10.0. The van der Waals surface area contributed by atoms with E-state index in [0.717, 1.165) is 16.7 Å². The van der Waals surface area contributed by atoms with Crippen LogP contribution in [0.2, 0.25) is 15.1 Å². The molecular formula is C19H17Cl3N2O. The van der Waals surface area contributed by atoms with Crippen LogP contribution in [0.15, 0.2) is 55.1 Å². The van der Waals surface area contributed by atoms with E-state index in [0.29, 0.717) is 28.2 Å². The molecule has 3 rings (SSSR count). The minimum atomic E-state index is -0.154. The van der Waals surface area contributed by atoms with E-state index in [2.05, 4.69) is 4.98 Å². The molecule has 3 aromatic rings. The zero-order valence-corrected chi connectivity index (χ0v) is 15.9. The van der Waals surface area contributed by atoms with Crippen LogP contribution in [0.25, 0.3) is 0 Å². The lowest BCUT2D eigenvalue weighted by Crippen LogP contribution is -2.13. The van der Waals surface area contributed by atoms with Crippen LogP contribution in [0.3, 0.4) is 0 Å². The number of aryl methyl sites for hydroxylation is 1. The minimum Gasteiger partial charge on any atom is -0.367 e. The van der Waals surface area contributed by atoms with E-state index in [1.807, 2.05) is 48.0 Å². The van der Waals surface area contributed by atoms with Gasteiger partial charge in [0.25, 0.3) is 0 Å². The first-order valence-electron chi connectivity index (χ1n) is 7.80. The summed E-state index contributed by atoms with van der Waals surface area (Å²) in [6, 6.07) is 11.2. The maximum absolute atomic E-state index is 6.26. The third-order valence-electron chi connectivity index (χ3n) is 3.97. The van der Waals surface area contributed by atoms with Crippen LogP contribution in [0.5, 0.6) is 0 Å². The fraction of sp³-hybridized carbons (Fsp3) is 0.211. The van der Waals surface area contributed by atoms with Gasteiger partial charge in [-0.25, -0.2) is 4.98 Å². The van der Waals surface area contributed by atoms with E-state index in [9.17, 15) is 0 Å².